The van der Waals surface area contributed by atoms with Crippen molar-refractivity contribution in [3.8, 4) is 0 Å². The number of nitrogens with zero attached hydrogens (tertiary/aromatic N) is 1. The van der Waals surface area contributed by atoms with E-state index in [0.717, 1.165) is 22.0 Å². The largest absolute Gasteiger partial charge is 0.346 e. The number of rotatable bonds is 4. The van der Waals surface area contributed by atoms with Gasteiger partial charge in [0, 0.05) is 11.5 Å². The Labute approximate surface area is 108 Å². The lowest BCUT2D eigenvalue weighted by molar-refractivity contribution is 0.0914. The summed E-state index contributed by atoms with van der Waals surface area (Å²) in [7, 11) is 0. The molecule has 1 heterocycles. The summed E-state index contributed by atoms with van der Waals surface area (Å²) in [4.78, 5) is 17.3. The highest BCUT2D eigenvalue weighted by molar-refractivity contribution is 7.13. The molecule has 1 N–H and O–H groups in total. The Hall–Kier alpha value is -0.900. The summed E-state index contributed by atoms with van der Waals surface area (Å²) < 4.78 is 0. The first-order valence-electron chi connectivity index (χ1n) is 6.06. The van der Waals surface area contributed by atoms with Crippen molar-refractivity contribution in [1.82, 2.24) is 10.3 Å². The van der Waals surface area contributed by atoms with Crippen LogP contribution in [-0.2, 0) is 0 Å². The smallest absolute Gasteiger partial charge is 0.263 e. The summed E-state index contributed by atoms with van der Waals surface area (Å²) >= 11 is 1.50. The van der Waals surface area contributed by atoms with Gasteiger partial charge in [-0.15, -0.1) is 11.3 Å². The zero-order valence-electron chi connectivity index (χ0n) is 11.5. The van der Waals surface area contributed by atoms with Gasteiger partial charge in [-0.1, -0.05) is 20.8 Å². The maximum absolute atomic E-state index is 12.1. The van der Waals surface area contributed by atoms with Crippen LogP contribution < -0.4 is 5.32 Å². The third kappa shape index (κ3) is 3.53. The molecule has 0 atom stereocenters. The summed E-state index contributed by atoms with van der Waals surface area (Å²) in [6.07, 6.45) is 0.910. The maximum Gasteiger partial charge on any atom is 0.263 e. The molecular formula is C13H22N2OS. The zero-order chi connectivity index (χ0) is 13.2. The number of carbonyl (C=O) groups is 1. The number of amides is 1. The van der Waals surface area contributed by atoms with Crippen molar-refractivity contribution in [2.45, 2.75) is 59.4 Å². The zero-order valence-corrected chi connectivity index (χ0v) is 12.4. The van der Waals surface area contributed by atoms with Crippen LogP contribution in [0.2, 0.25) is 0 Å². The molecule has 1 amide bonds. The van der Waals surface area contributed by atoms with E-state index in [1.807, 2.05) is 20.8 Å². The van der Waals surface area contributed by atoms with Gasteiger partial charge in [-0.2, -0.15) is 0 Å². The average Bonchev–Trinajstić information content (AvgIpc) is 2.60. The van der Waals surface area contributed by atoms with E-state index < -0.39 is 0 Å². The molecule has 96 valence electrons. The fraction of sp³-hybridized carbons (Fsp3) is 0.692. The Morgan fingerprint density at radius 1 is 1.47 bits per heavy atom. The molecule has 0 spiro atoms. The molecule has 0 fully saturated rings. The number of aryl methyl sites for hydroxylation is 1. The fourth-order valence-corrected chi connectivity index (χ4v) is 2.29. The van der Waals surface area contributed by atoms with Gasteiger partial charge in [0.1, 0.15) is 4.88 Å². The second kappa shape index (κ2) is 5.17. The number of nitrogens with one attached hydrogen (secondary N) is 1. The molecule has 0 saturated heterocycles. The van der Waals surface area contributed by atoms with E-state index in [9.17, 15) is 4.79 Å². The molecule has 17 heavy (non-hydrogen) atoms. The van der Waals surface area contributed by atoms with Crippen molar-refractivity contribution in [1.29, 1.82) is 0 Å². The van der Waals surface area contributed by atoms with Crippen molar-refractivity contribution in [2.75, 3.05) is 0 Å². The van der Waals surface area contributed by atoms with Crippen LogP contribution >= 0.6 is 11.3 Å². The van der Waals surface area contributed by atoms with Gasteiger partial charge in [-0.05, 0) is 27.2 Å². The second-order valence-electron chi connectivity index (χ2n) is 5.31. The van der Waals surface area contributed by atoms with Crippen molar-refractivity contribution in [3.63, 3.8) is 0 Å². The first kappa shape index (κ1) is 14.2. The highest BCUT2D eigenvalue weighted by atomic mass is 32.1. The summed E-state index contributed by atoms with van der Waals surface area (Å²) in [6, 6.07) is 0. The summed E-state index contributed by atoms with van der Waals surface area (Å²) in [5.41, 5.74) is 0.675. The van der Waals surface area contributed by atoms with Gasteiger partial charge in [0.15, 0.2) is 0 Å². The van der Waals surface area contributed by atoms with Gasteiger partial charge in [-0.3, -0.25) is 4.79 Å². The van der Waals surface area contributed by atoms with Gasteiger partial charge in [-0.25, -0.2) is 4.98 Å². The predicted molar refractivity (Wildman–Crippen MR) is 72.8 cm³/mol. The van der Waals surface area contributed by atoms with Gasteiger partial charge < -0.3 is 5.32 Å². The minimum Gasteiger partial charge on any atom is -0.346 e. The van der Waals surface area contributed by atoms with E-state index in [-0.39, 0.29) is 11.4 Å². The number of thiazole rings is 1. The van der Waals surface area contributed by atoms with E-state index in [2.05, 4.69) is 31.1 Å². The maximum atomic E-state index is 12.1. The lowest BCUT2D eigenvalue weighted by atomic mass is 10.0. The van der Waals surface area contributed by atoms with Crippen LogP contribution in [-0.4, -0.2) is 16.4 Å². The third-order valence-electron chi connectivity index (χ3n) is 2.85. The van der Waals surface area contributed by atoms with Crippen LogP contribution in [0.1, 0.15) is 67.3 Å². The minimum absolute atomic E-state index is 0.00116. The summed E-state index contributed by atoms with van der Waals surface area (Å²) in [6.45, 7) is 12.2. The van der Waals surface area contributed by atoms with Crippen LogP contribution in [0, 0.1) is 6.92 Å². The molecule has 0 radical (unpaired) electrons. The first-order chi connectivity index (χ1) is 7.76. The Morgan fingerprint density at radius 3 is 2.47 bits per heavy atom. The molecule has 4 heteroatoms. The van der Waals surface area contributed by atoms with E-state index in [1.165, 1.54) is 11.3 Å². The second-order valence-corrected chi connectivity index (χ2v) is 6.34. The molecule has 1 aromatic heterocycles. The molecule has 0 aromatic carbocycles. The van der Waals surface area contributed by atoms with Gasteiger partial charge >= 0.3 is 0 Å². The van der Waals surface area contributed by atoms with Crippen molar-refractivity contribution in [2.24, 2.45) is 0 Å². The number of hydrogen-bond acceptors (Lipinski definition) is 3. The van der Waals surface area contributed by atoms with Gasteiger partial charge in [0.05, 0.1) is 10.7 Å². The number of hydrogen-bond donors (Lipinski definition) is 1. The third-order valence-corrected chi connectivity index (χ3v) is 4.31. The van der Waals surface area contributed by atoms with Crippen molar-refractivity contribution < 1.29 is 4.79 Å². The summed E-state index contributed by atoms with van der Waals surface area (Å²) in [5, 5.41) is 4.08. The van der Waals surface area contributed by atoms with E-state index in [0.29, 0.717) is 5.92 Å². The van der Waals surface area contributed by atoms with Crippen LogP contribution in [0.15, 0.2) is 0 Å². The Balaban J connectivity index is 2.90. The molecule has 0 unspecified atom stereocenters. The van der Waals surface area contributed by atoms with E-state index in [4.69, 9.17) is 0 Å². The minimum atomic E-state index is -0.161. The van der Waals surface area contributed by atoms with Crippen LogP contribution in [0.5, 0.6) is 0 Å². The SMILES string of the molecule is CCC(C)(C)NC(=O)c1sc(C(C)C)nc1C. The highest BCUT2D eigenvalue weighted by Crippen LogP contribution is 2.25. The molecule has 0 bridgehead atoms. The molecule has 0 aliphatic rings. The Bertz CT molecular complexity index is 408. The van der Waals surface area contributed by atoms with Crippen LogP contribution in [0.25, 0.3) is 0 Å². The number of carbonyl (C=O) groups excluding carboxylic acids is 1. The molecule has 0 saturated carbocycles. The molecular weight excluding hydrogens is 232 g/mol. The molecule has 3 nitrogen and oxygen atoms in total. The lowest BCUT2D eigenvalue weighted by Gasteiger charge is -2.24. The van der Waals surface area contributed by atoms with Gasteiger partial charge in [0.25, 0.3) is 5.91 Å². The molecule has 0 aliphatic carbocycles. The fourth-order valence-electron chi connectivity index (χ4n) is 1.33. The van der Waals surface area contributed by atoms with Crippen LogP contribution in [0.4, 0.5) is 0 Å². The Morgan fingerprint density at radius 2 is 2.06 bits per heavy atom. The van der Waals surface area contributed by atoms with Crippen molar-refractivity contribution >= 4 is 17.2 Å². The van der Waals surface area contributed by atoms with E-state index >= 15 is 0 Å². The van der Waals surface area contributed by atoms with Crippen LogP contribution in [0.3, 0.4) is 0 Å². The predicted octanol–water partition coefficient (Wildman–Crippen LogP) is 3.49. The number of aromatic nitrogens is 1. The van der Waals surface area contributed by atoms with Gasteiger partial charge in [0.2, 0.25) is 0 Å². The molecule has 0 aliphatic heterocycles. The molecule has 1 aromatic rings. The standard InChI is InChI=1S/C13H22N2OS/c1-7-13(5,6)15-11(16)10-9(4)14-12(17-10)8(2)3/h8H,7H2,1-6H3,(H,15,16). The first-order valence-corrected chi connectivity index (χ1v) is 6.88. The monoisotopic (exact) mass is 254 g/mol. The van der Waals surface area contributed by atoms with Crippen molar-refractivity contribution in [3.05, 3.63) is 15.6 Å². The average molecular weight is 254 g/mol. The normalized spacial score (nSPS) is 11.9. The quantitative estimate of drug-likeness (QED) is 0.893. The Kier molecular flexibility index (Phi) is 4.31. The van der Waals surface area contributed by atoms with E-state index in [1.54, 1.807) is 0 Å². The topological polar surface area (TPSA) is 42.0 Å². The molecule has 1 rings (SSSR count). The highest BCUT2D eigenvalue weighted by Gasteiger charge is 2.22. The summed E-state index contributed by atoms with van der Waals surface area (Å²) in [5.74, 6) is 0.373. The lowest BCUT2D eigenvalue weighted by Crippen LogP contribution is -2.42.